The van der Waals surface area contributed by atoms with Gasteiger partial charge in [-0.2, -0.15) is 22.0 Å². The molecule has 0 bridgehead atoms. The van der Waals surface area contributed by atoms with Crippen molar-refractivity contribution in [1.82, 2.24) is 0 Å². The monoisotopic (exact) mass is 261 g/mol. The van der Waals surface area contributed by atoms with Crippen molar-refractivity contribution in [3.63, 3.8) is 0 Å². The summed E-state index contributed by atoms with van der Waals surface area (Å²) in [4.78, 5) is 0. The Bertz CT molecular complexity index is 237. The zero-order valence-corrected chi connectivity index (χ0v) is 9.27. The highest BCUT2D eigenvalue weighted by atomic mass is 19.4. The molecular formula is C10H16F5NO. The van der Waals surface area contributed by atoms with Gasteiger partial charge in [0.25, 0.3) is 0 Å². The van der Waals surface area contributed by atoms with Gasteiger partial charge in [0, 0.05) is 6.04 Å². The van der Waals surface area contributed by atoms with Gasteiger partial charge in [-0.15, -0.1) is 0 Å². The lowest BCUT2D eigenvalue weighted by Crippen LogP contribution is -2.42. The molecule has 2 N–H and O–H groups in total. The summed E-state index contributed by atoms with van der Waals surface area (Å²) in [5.74, 6) is -4.63. The molecule has 0 aromatic rings. The van der Waals surface area contributed by atoms with E-state index in [1.165, 1.54) is 0 Å². The number of hydrogen-bond donors (Lipinski definition) is 1. The van der Waals surface area contributed by atoms with Crippen LogP contribution in [-0.4, -0.2) is 31.4 Å². The normalized spacial score (nSPS) is 20.8. The van der Waals surface area contributed by atoms with Crippen molar-refractivity contribution in [3.8, 4) is 0 Å². The second kappa shape index (κ2) is 5.48. The molecule has 1 aliphatic carbocycles. The van der Waals surface area contributed by atoms with Gasteiger partial charge in [-0.1, -0.05) is 12.8 Å². The second-order valence-electron chi connectivity index (χ2n) is 4.43. The van der Waals surface area contributed by atoms with Crippen LogP contribution in [0.25, 0.3) is 0 Å². The van der Waals surface area contributed by atoms with Crippen molar-refractivity contribution in [2.45, 2.75) is 43.8 Å². The fourth-order valence-corrected chi connectivity index (χ4v) is 1.93. The predicted molar refractivity (Wildman–Crippen MR) is 51.8 cm³/mol. The van der Waals surface area contributed by atoms with E-state index in [9.17, 15) is 22.0 Å². The first-order valence-electron chi connectivity index (χ1n) is 5.52. The third-order valence-corrected chi connectivity index (χ3v) is 3.01. The Morgan fingerprint density at radius 1 is 1.12 bits per heavy atom. The largest absolute Gasteiger partial charge is 0.455 e. The maximum Gasteiger partial charge on any atom is 0.455 e. The quantitative estimate of drug-likeness (QED) is 0.772. The third-order valence-electron chi connectivity index (χ3n) is 3.01. The minimum atomic E-state index is -5.57. The summed E-state index contributed by atoms with van der Waals surface area (Å²) in [6.45, 7) is -1.91. The Hall–Kier alpha value is -0.430. The summed E-state index contributed by atoms with van der Waals surface area (Å²) in [6, 6.07) is -0.457. The Morgan fingerprint density at radius 3 is 2.12 bits per heavy atom. The van der Waals surface area contributed by atoms with Crippen LogP contribution >= 0.6 is 0 Å². The van der Waals surface area contributed by atoms with Crippen molar-refractivity contribution < 1.29 is 26.7 Å². The maximum atomic E-state index is 12.5. The molecular weight excluding hydrogens is 245 g/mol. The average molecular weight is 261 g/mol. The summed E-state index contributed by atoms with van der Waals surface area (Å²) in [7, 11) is 0. The molecule has 0 heterocycles. The van der Waals surface area contributed by atoms with Crippen LogP contribution in [0.1, 0.15) is 25.7 Å². The second-order valence-corrected chi connectivity index (χ2v) is 4.43. The zero-order valence-electron chi connectivity index (χ0n) is 9.27. The average Bonchev–Trinajstić information content (AvgIpc) is 2.67. The molecule has 1 fully saturated rings. The molecule has 2 nitrogen and oxygen atoms in total. The zero-order chi connectivity index (χ0) is 13.1. The molecule has 0 aromatic heterocycles. The van der Waals surface area contributed by atoms with Gasteiger partial charge >= 0.3 is 12.1 Å². The van der Waals surface area contributed by atoms with Crippen LogP contribution in [0, 0.1) is 5.92 Å². The number of ether oxygens (including phenoxy) is 1. The van der Waals surface area contributed by atoms with Gasteiger partial charge in [0.1, 0.15) is 6.61 Å². The molecule has 0 amide bonds. The minimum Gasteiger partial charge on any atom is -0.373 e. The number of hydrogen-bond acceptors (Lipinski definition) is 2. The fraction of sp³-hybridized carbons (Fsp3) is 1.00. The van der Waals surface area contributed by atoms with Gasteiger partial charge in [0.2, 0.25) is 0 Å². The smallest absolute Gasteiger partial charge is 0.373 e. The molecule has 102 valence electrons. The van der Waals surface area contributed by atoms with Crippen LogP contribution in [0.4, 0.5) is 22.0 Å². The first-order chi connectivity index (χ1) is 7.74. The van der Waals surface area contributed by atoms with E-state index in [1.54, 1.807) is 0 Å². The molecule has 1 aliphatic rings. The van der Waals surface area contributed by atoms with E-state index < -0.39 is 24.7 Å². The maximum absolute atomic E-state index is 12.5. The number of halogens is 5. The van der Waals surface area contributed by atoms with Crippen molar-refractivity contribution in [3.05, 3.63) is 0 Å². The standard InChI is InChI=1S/C10H16F5NO/c11-9(12,10(13,14)15)6-17-5-8(16)7-3-1-2-4-7/h7-8H,1-6,16H2. The summed E-state index contributed by atoms with van der Waals surface area (Å²) in [5, 5.41) is 0. The van der Waals surface area contributed by atoms with E-state index in [-0.39, 0.29) is 12.5 Å². The fourth-order valence-electron chi connectivity index (χ4n) is 1.93. The van der Waals surface area contributed by atoms with Gasteiger partial charge < -0.3 is 10.5 Å². The molecule has 0 spiro atoms. The molecule has 0 aliphatic heterocycles. The lowest BCUT2D eigenvalue weighted by molar-refractivity contribution is -0.297. The molecule has 0 saturated heterocycles. The molecule has 1 atom stereocenters. The van der Waals surface area contributed by atoms with Gasteiger partial charge in [0.05, 0.1) is 6.61 Å². The highest BCUT2D eigenvalue weighted by molar-refractivity contribution is 4.79. The van der Waals surface area contributed by atoms with E-state index in [0.29, 0.717) is 0 Å². The summed E-state index contributed by atoms with van der Waals surface area (Å²) in [6.07, 6.45) is -1.74. The van der Waals surface area contributed by atoms with E-state index >= 15 is 0 Å². The lowest BCUT2D eigenvalue weighted by atomic mass is 10.00. The molecule has 7 heteroatoms. The molecule has 17 heavy (non-hydrogen) atoms. The summed E-state index contributed by atoms with van der Waals surface area (Å²) < 4.78 is 64.7. The molecule has 1 unspecified atom stereocenters. The molecule has 1 rings (SSSR count). The van der Waals surface area contributed by atoms with Gasteiger partial charge in [-0.05, 0) is 18.8 Å². The first-order valence-corrected chi connectivity index (χ1v) is 5.52. The van der Waals surface area contributed by atoms with Gasteiger partial charge in [-0.3, -0.25) is 0 Å². The SMILES string of the molecule is NC(COCC(F)(F)C(F)(F)F)C1CCCC1. The first kappa shape index (κ1) is 14.6. The number of rotatable bonds is 5. The van der Waals surface area contributed by atoms with E-state index in [2.05, 4.69) is 4.74 Å². The van der Waals surface area contributed by atoms with E-state index in [1.807, 2.05) is 0 Å². The highest BCUT2D eigenvalue weighted by Crippen LogP contribution is 2.35. The highest BCUT2D eigenvalue weighted by Gasteiger charge is 2.57. The van der Waals surface area contributed by atoms with Crippen LogP contribution in [-0.2, 0) is 4.74 Å². The minimum absolute atomic E-state index is 0.175. The van der Waals surface area contributed by atoms with Crippen LogP contribution in [0.3, 0.4) is 0 Å². The van der Waals surface area contributed by atoms with Crippen molar-refractivity contribution in [2.24, 2.45) is 11.7 Å². The van der Waals surface area contributed by atoms with E-state index in [4.69, 9.17) is 5.73 Å². The van der Waals surface area contributed by atoms with Crippen LogP contribution in [0.2, 0.25) is 0 Å². The molecule has 0 radical (unpaired) electrons. The Kier molecular flexibility index (Phi) is 4.71. The summed E-state index contributed by atoms with van der Waals surface area (Å²) >= 11 is 0. The molecule has 1 saturated carbocycles. The number of alkyl halides is 5. The van der Waals surface area contributed by atoms with E-state index in [0.717, 1.165) is 25.7 Å². The number of nitrogens with two attached hydrogens (primary N) is 1. The topological polar surface area (TPSA) is 35.2 Å². The summed E-state index contributed by atoms with van der Waals surface area (Å²) in [5.41, 5.74) is 5.67. The Morgan fingerprint density at radius 2 is 1.65 bits per heavy atom. The van der Waals surface area contributed by atoms with Crippen molar-refractivity contribution >= 4 is 0 Å². The van der Waals surface area contributed by atoms with Crippen molar-refractivity contribution in [2.75, 3.05) is 13.2 Å². The van der Waals surface area contributed by atoms with Crippen LogP contribution in [0.5, 0.6) is 0 Å². The van der Waals surface area contributed by atoms with Gasteiger partial charge in [-0.25, -0.2) is 0 Å². The van der Waals surface area contributed by atoms with Crippen molar-refractivity contribution in [1.29, 1.82) is 0 Å². The Labute approximate surface area is 96.3 Å². The Balaban J connectivity index is 2.27. The van der Waals surface area contributed by atoms with Gasteiger partial charge in [0.15, 0.2) is 0 Å². The lowest BCUT2D eigenvalue weighted by Gasteiger charge is -2.22. The van der Waals surface area contributed by atoms with Crippen LogP contribution in [0.15, 0.2) is 0 Å². The van der Waals surface area contributed by atoms with Crippen LogP contribution < -0.4 is 5.73 Å². The predicted octanol–water partition coefficient (Wildman–Crippen LogP) is 2.72. The molecule has 0 aromatic carbocycles. The third kappa shape index (κ3) is 4.06.